The minimum absolute atomic E-state index is 0.291. The van der Waals surface area contributed by atoms with Crippen molar-refractivity contribution in [3.05, 3.63) is 29.8 Å². The summed E-state index contributed by atoms with van der Waals surface area (Å²) < 4.78 is 0. The Morgan fingerprint density at radius 1 is 1.26 bits per heavy atom. The molecule has 2 N–H and O–H groups in total. The zero-order chi connectivity index (χ0) is 13.7. The fraction of sp³-hybridized carbons (Fsp3) is 0.625. The van der Waals surface area contributed by atoms with Crippen LogP contribution in [0.25, 0.3) is 0 Å². The van der Waals surface area contributed by atoms with E-state index < -0.39 is 0 Å². The molecule has 0 amide bonds. The van der Waals surface area contributed by atoms with Gasteiger partial charge in [0.1, 0.15) is 0 Å². The van der Waals surface area contributed by atoms with Gasteiger partial charge in [-0.05, 0) is 49.5 Å². The van der Waals surface area contributed by atoms with E-state index in [4.69, 9.17) is 0 Å². The summed E-state index contributed by atoms with van der Waals surface area (Å²) in [5, 5.41) is 13.4. The zero-order valence-corrected chi connectivity index (χ0v) is 12.1. The van der Waals surface area contributed by atoms with Crippen molar-refractivity contribution in [3.8, 4) is 0 Å². The van der Waals surface area contributed by atoms with Crippen LogP contribution in [0.3, 0.4) is 0 Å². The first-order chi connectivity index (χ1) is 9.15. The lowest BCUT2D eigenvalue weighted by Crippen LogP contribution is -2.34. The number of rotatable bonds is 6. The topological polar surface area (TPSA) is 35.5 Å². The number of anilines is 1. The fourth-order valence-corrected chi connectivity index (χ4v) is 2.57. The van der Waals surface area contributed by atoms with Crippen molar-refractivity contribution < 1.29 is 5.11 Å². The Morgan fingerprint density at radius 3 is 2.68 bits per heavy atom. The van der Waals surface area contributed by atoms with Gasteiger partial charge in [-0.25, -0.2) is 0 Å². The second-order valence-corrected chi connectivity index (χ2v) is 5.82. The first kappa shape index (κ1) is 14.4. The number of aliphatic hydroxyl groups excluding tert-OH is 1. The van der Waals surface area contributed by atoms with E-state index in [1.165, 1.54) is 18.4 Å². The van der Waals surface area contributed by atoms with Crippen LogP contribution < -0.4 is 5.32 Å². The molecule has 1 aromatic rings. The number of β-amino-alcohol motifs (C(OH)–C–C–N with tert-alkyl or cyclic N) is 1. The van der Waals surface area contributed by atoms with Crippen LogP contribution in [-0.2, 0) is 0 Å². The molecule has 2 rings (SSSR count). The first-order valence-electron chi connectivity index (χ1n) is 7.39. The van der Waals surface area contributed by atoms with E-state index in [2.05, 4.69) is 48.3 Å². The average Bonchev–Trinajstić information content (AvgIpc) is 2.89. The van der Waals surface area contributed by atoms with Crippen molar-refractivity contribution in [1.29, 1.82) is 0 Å². The molecule has 1 unspecified atom stereocenters. The van der Waals surface area contributed by atoms with Crippen LogP contribution in [0.1, 0.15) is 38.2 Å². The molecule has 0 aliphatic carbocycles. The lowest BCUT2D eigenvalue weighted by Gasteiger charge is -2.20. The summed E-state index contributed by atoms with van der Waals surface area (Å²) in [6.07, 6.45) is 2.26. The van der Waals surface area contributed by atoms with Crippen LogP contribution in [0.5, 0.6) is 0 Å². The van der Waals surface area contributed by atoms with Crippen LogP contribution in [0.4, 0.5) is 5.69 Å². The number of benzene rings is 1. The molecule has 3 heteroatoms. The van der Waals surface area contributed by atoms with E-state index in [0.29, 0.717) is 12.5 Å². The Labute approximate surface area is 116 Å². The van der Waals surface area contributed by atoms with E-state index in [0.717, 1.165) is 25.3 Å². The Bertz CT molecular complexity index is 386. The lowest BCUT2D eigenvalue weighted by atomic mass is 10.0. The Kier molecular flexibility index (Phi) is 5.23. The van der Waals surface area contributed by atoms with Crippen molar-refractivity contribution >= 4 is 5.69 Å². The highest BCUT2D eigenvalue weighted by atomic mass is 16.3. The Morgan fingerprint density at radius 2 is 2.00 bits per heavy atom. The summed E-state index contributed by atoms with van der Waals surface area (Å²) in [6.45, 7) is 8.08. The van der Waals surface area contributed by atoms with E-state index in [9.17, 15) is 5.11 Å². The van der Waals surface area contributed by atoms with Crippen LogP contribution in [-0.4, -0.2) is 42.3 Å². The molecule has 1 saturated heterocycles. The number of hydrogen-bond donors (Lipinski definition) is 2. The van der Waals surface area contributed by atoms with Crippen molar-refractivity contribution in [2.45, 2.75) is 38.7 Å². The van der Waals surface area contributed by atoms with Crippen LogP contribution in [0, 0.1) is 0 Å². The standard InChI is InChI=1S/C16H26N2O/c1-13(2)14-6-5-7-15(10-14)17-11-16(19)12-18-8-3-4-9-18/h5-7,10,13,16-17,19H,3-4,8-9,11-12H2,1-2H3. The quantitative estimate of drug-likeness (QED) is 0.827. The second-order valence-electron chi connectivity index (χ2n) is 5.82. The molecule has 0 aromatic heterocycles. The molecule has 0 bridgehead atoms. The molecule has 1 atom stereocenters. The van der Waals surface area contributed by atoms with Gasteiger partial charge in [-0.2, -0.15) is 0 Å². The van der Waals surface area contributed by atoms with Gasteiger partial charge in [0, 0.05) is 18.8 Å². The molecule has 1 aliphatic rings. The highest BCUT2D eigenvalue weighted by Crippen LogP contribution is 2.18. The second kappa shape index (κ2) is 6.92. The van der Waals surface area contributed by atoms with Gasteiger partial charge >= 0.3 is 0 Å². The summed E-state index contributed by atoms with van der Waals surface area (Å²) in [7, 11) is 0. The third-order valence-corrected chi connectivity index (χ3v) is 3.76. The summed E-state index contributed by atoms with van der Waals surface area (Å²) >= 11 is 0. The molecular weight excluding hydrogens is 236 g/mol. The summed E-state index contributed by atoms with van der Waals surface area (Å²) in [5.41, 5.74) is 2.44. The number of nitrogens with one attached hydrogen (secondary N) is 1. The fourth-order valence-electron chi connectivity index (χ4n) is 2.57. The number of hydrogen-bond acceptors (Lipinski definition) is 3. The summed E-state index contributed by atoms with van der Waals surface area (Å²) in [4.78, 5) is 2.34. The molecule has 106 valence electrons. The van der Waals surface area contributed by atoms with Gasteiger partial charge in [-0.1, -0.05) is 26.0 Å². The summed E-state index contributed by atoms with van der Waals surface area (Å²) in [6, 6.07) is 8.46. The molecule has 1 heterocycles. The summed E-state index contributed by atoms with van der Waals surface area (Å²) in [5.74, 6) is 0.538. The van der Waals surface area contributed by atoms with Gasteiger partial charge in [0.2, 0.25) is 0 Å². The largest absolute Gasteiger partial charge is 0.390 e. The third kappa shape index (κ3) is 4.51. The highest BCUT2D eigenvalue weighted by molar-refractivity contribution is 5.46. The maximum absolute atomic E-state index is 10.0. The van der Waals surface area contributed by atoms with Gasteiger partial charge in [-0.15, -0.1) is 0 Å². The van der Waals surface area contributed by atoms with Crippen LogP contribution >= 0.6 is 0 Å². The smallest absolute Gasteiger partial charge is 0.0839 e. The predicted molar refractivity (Wildman–Crippen MR) is 80.7 cm³/mol. The van der Waals surface area contributed by atoms with Crippen molar-refractivity contribution in [2.24, 2.45) is 0 Å². The van der Waals surface area contributed by atoms with Crippen molar-refractivity contribution in [3.63, 3.8) is 0 Å². The van der Waals surface area contributed by atoms with Crippen molar-refractivity contribution in [1.82, 2.24) is 4.90 Å². The Hall–Kier alpha value is -1.06. The molecule has 3 nitrogen and oxygen atoms in total. The van der Waals surface area contributed by atoms with Gasteiger partial charge in [0.25, 0.3) is 0 Å². The van der Waals surface area contributed by atoms with Crippen LogP contribution in [0.15, 0.2) is 24.3 Å². The number of nitrogens with zero attached hydrogens (tertiary/aromatic N) is 1. The zero-order valence-electron chi connectivity index (χ0n) is 12.1. The highest BCUT2D eigenvalue weighted by Gasteiger charge is 2.15. The Balaban J connectivity index is 1.79. The maximum Gasteiger partial charge on any atom is 0.0839 e. The average molecular weight is 262 g/mol. The first-order valence-corrected chi connectivity index (χ1v) is 7.39. The van der Waals surface area contributed by atoms with E-state index in [1.54, 1.807) is 0 Å². The molecule has 0 saturated carbocycles. The predicted octanol–water partition coefficient (Wildman–Crippen LogP) is 2.68. The van der Waals surface area contributed by atoms with E-state index in [-0.39, 0.29) is 6.10 Å². The minimum Gasteiger partial charge on any atom is -0.390 e. The number of aliphatic hydroxyl groups is 1. The SMILES string of the molecule is CC(C)c1cccc(NCC(O)CN2CCCC2)c1. The molecule has 1 aliphatic heterocycles. The van der Waals surface area contributed by atoms with E-state index in [1.807, 2.05) is 0 Å². The molecule has 0 radical (unpaired) electrons. The minimum atomic E-state index is -0.291. The van der Waals surface area contributed by atoms with Gasteiger partial charge in [-0.3, -0.25) is 0 Å². The lowest BCUT2D eigenvalue weighted by molar-refractivity contribution is 0.135. The monoisotopic (exact) mass is 262 g/mol. The molecule has 1 fully saturated rings. The van der Waals surface area contributed by atoms with Crippen LogP contribution in [0.2, 0.25) is 0 Å². The van der Waals surface area contributed by atoms with Gasteiger partial charge < -0.3 is 15.3 Å². The number of likely N-dealkylation sites (tertiary alicyclic amines) is 1. The molecule has 19 heavy (non-hydrogen) atoms. The van der Waals surface area contributed by atoms with Gasteiger partial charge in [0.05, 0.1) is 6.10 Å². The molecule has 0 spiro atoms. The van der Waals surface area contributed by atoms with E-state index >= 15 is 0 Å². The normalized spacial score (nSPS) is 17.9. The molecule has 1 aromatic carbocycles. The maximum atomic E-state index is 10.0. The van der Waals surface area contributed by atoms with Gasteiger partial charge in [0.15, 0.2) is 0 Å². The third-order valence-electron chi connectivity index (χ3n) is 3.76. The molecular formula is C16H26N2O. The van der Waals surface area contributed by atoms with Crippen molar-refractivity contribution in [2.75, 3.05) is 31.5 Å².